The van der Waals surface area contributed by atoms with Gasteiger partial charge in [-0.05, 0) is 39.2 Å². The van der Waals surface area contributed by atoms with Gasteiger partial charge in [0.15, 0.2) is 0 Å². The largest absolute Gasteiger partial charge is 0.481 e. The Morgan fingerprint density at radius 1 is 1.33 bits per heavy atom. The fourth-order valence-corrected chi connectivity index (χ4v) is 1.61. The fraction of sp³-hybridized carbons (Fsp3) is 0.846. The minimum Gasteiger partial charge on any atom is -0.481 e. The number of nitrogens with two attached hydrogens (primary N) is 1. The van der Waals surface area contributed by atoms with E-state index < -0.39 is 11.4 Å². The summed E-state index contributed by atoms with van der Waals surface area (Å²) in [5.74, 6) is -0.509. The van der Waals surface area contributed by atoms with Crippen LogP contribution in [-0.2, 0) is 9.59 Å². The minimum absolute atomic E-state index is 0.0835. The van der Waals surface area contributed by atoms with Crippen LogP contribution in [0.4, 0.5) is 0 Å². The molecule has 5 heteroatoms. The van der Waals surface area contributed by atoms with Crippen LogP contribution in [0.3, 0.4) is 0 Å². The Labute approximate surface area is 109 Å². The first-order valence-corrected chi connectivity index (χ1v) is 6.53. The highest BCUT2D eigenvalue weighted by Crippen LogP contribution is 2.15. The zero-order valence-corrected chi connectivity index (χ0v) is 11.7. The number of nitrogens with one attached hydrogen (secondary N) is 1. The molecular weight excluding hydrogens is 232 g/mol. The van der Waals surface area contributed by atoms with Crippen LogP contribution >= 0.6 is 0 Å². The number of aliphatic carboxylic acids is 1. The first-order valence-electron chi connectivity index (χ1n) is 6.53. The van der Waals surface area contributed by atoms with Crippen molar-refractivity contribution in [2.75, 3.05) is 13.1 Å². The number of carboxylic acids is 1. The van der Waals surface area contributed by atoms with Crippen LogP contribution in [0.1, 0.15) is 46.5 Å². The van der Waals surface area contributed by atoms with Gasteiger partial charge in [0, 0.05) is 13.0 Å². The monoisotopic (exact) mass is 258 g/mol. The minimum atomic E-state index is -0.920. The lowest BCUT2D eigenvalue weighted by atomic mass is 9.93. The van der Waals surface area contributed by atoms with E-state index in [2.05, 4.69) is 12.2 Å². The molecule has 0 aromatic heterocycles. The lowest BCUT2D eigenvalue weighted by Crippen LogP contribution is -2.38. The van der Waals surface area contributed by atoms with E-state index in [1.165, 1.54) is 0 Å². The summed E-state index contributed by atoms with van der Waals surface area (Å²) in [6, 6.07) is 0. The van der Waals surface area contributed by atoms with Crippen LogP contribution in [0.5, 0.6) is 0 Å². The van der Waals surface area contributed by atoms with Crippen molar-refractivity contribution in [3.05, 3.63) is 0 Å². The number of carbonyl (C=O) groups excluding carboxylic acids is 1. The maximum absolute atomic E-state index is 11.6. The van der Waals surface area contributed by atoms with Crippen molar-refractivity contribution < 1.29 is 14.7 Å². The van der Waals surface area contributed by atoms with Crippen LogP contribution in [0, 0.1) is 11.3 Å². The second kappa shape index (κ2) is 8.08. The Balaban J connectivity index is 3.95. The molecule has 0 spiro atoms. The second-order valence-electron chi connectivity index (χ2n) is 5.36. The third kappa shape index (κ3) is 6.59. The van der Waals surface area contributed by atoms with E-state index in [0.29, 0.717) is 18.9 Å². The van der Waals surface area contributed by atoms with Gasteiger partial charge in [-0.2, -0.15) is 0 Å². The highest BCUT2D eigenvalue weighted by atomic mass is 16.4. The molecule has 0 fully saturated rings. The normalized spacial score (nSPS) is 13.1. The number of carbonyl (C=O) groups is 2. The molecule has 0 aliphatic carbocycles. The van der Waals surface area contributed by atoms with Gasteiger partial charge in [-0.15, -0.1) is 0 Å². The van der Waals surface area contributed by atoms with Crippen molar-refractivity contribution >= 4 is 11.9 Å². The number of amides is 1. The van der Waals surface area contributed by atoms with Crippen molar-refractivity contribution in [2.24, 2.45) is 17.1 Å². The van der Waals surface area contributed by atoms with E-state index in [1.54, 1.807) is 13.8 Å². The average Bonchev–Trinajstić information content (AvgIpc) is 2.31. The molecule has 0 aromatic rings. The SMILES string of the molecule is CCC(CCN)CCC(=O)NCC(C)(C)C(=O)O. The van der Waals surface area contributed by atoms with Crippen LogP contribution in [0.25, 0.3) is 0 Å². The van der Waals surface area contributed by atoms with Gasteiger partial charge in [-0.1, -0.05) is 13.3 Å². The Hall–Kier alpha value is -1.10. The van der Waals surface area contributed by atoms with Gasteiger partial charge in [0.05, 0.1) is 5.41 Å². The van der Waals surface area contributed by atoms with Gasteiger partial charge in [0.1, 0.15) is 0 Å². The molecule has 18 heavy (non-hydrogen) atoms. The molecule has 5 nitrogen and oxygen atoms in total. The Bertz CT molecular complexity index is 277. The Kier molecular flexibility index (Phi) is 7.59. The molecular formula is C13H26N2O3. The third-order valence-electron chi connectivity index (χ3n) is 3.24. The van der Waals surface area contributed by atoms with Gasteiger partial charge in [-0.3, -0.25) is 9.59 Å². The molecule has 0 aliphatic rings. The molecule has 0 bridgehead atoms. The molecule has 1 unspecified atom stereocenters. The van der Waals surface area contributed by atoms with Crippen molar-refractivity contribution in [3.63, 3.8) is 0 Å². The average molecular weight is 258 g/mol. The number of rotatable bonds is 9. The van der Waals surface area contributed by atoms with Crippen molar-refractivity contribution in [3.8, 4) is 0 Å². The van der Waals surface area contributed by atoms with E-state index in [4.69, 9.17) is 10.8 Å². The number of hydrogen-bond donors (Lipinski definition) is 3. The lowest BCUT2D eigenvalue weighted by Gasteiger charge is -2.20. The van der Waals surface area contributed by atoms with E-state index in [1.807, 2.05) is 0 Å². The Morgan fingerprint density at radius 3 is 2.39 bits per heavy atom. The molecule has 106 valence electrons. The molecule has 0 saturated heterocycles. The fourth-order valence-electron chi connectivity index (χ4n) is 1.61. The molecule has 0 aromatic carbocycles. The van der Waals surface area contributed by atoms with Gasteiger partial charge in [0.2, 0.25) is 5.91 Å². The van der Waals surface area contributed by atoms with Crippen molar-refractivity contribution in [1.29, 1.82) is 0 Å². The molecule has 0 aliphatic heterocycles. The summed E-state index contributed by atoms with van der Waals surface area (Å²) in [6.07, 6.45) is 3.21. The van der Waals surface area contributed by atoms with E-state index in [9.17, 15) is 9.59 Å². The summed E-state index contributed by atoms with van der Waals surface area (Å²) in [7, 11) is 0. The van der Waals surface area contributed by atoms with E-state index >= 15 is 0 Å². The van der Waals surface area contributed by atoms with Gasteiger partial charge in [0.25, 0.3) is 0 Å². The molecule has 0 radical (unpaired) electrons. The molecule has 1 amide bonds. The van der Waals surface area contributed by atoms with E-state index in [0.717, 1.165) is 19.3 Å². The summed E-state index contributed by atoms with van der Waals surface area (Å²) in [6.45, 7) is 6.09. The first-order chi connectivity index (χ1) is 8.33. The predicted molar refractivity (Wildman–Crippen MR) is 71.1 cm³/mol. The molecule has 0 heterocycles. The standard InChI is InChI=1S/C13H26N2O3/c1-4-10(7-8-14)5-6-11(16)15-9-13(2,3)12(17)18/h10H,4-9,14H2,1-3H3,(H,15,16)(H,17,18). The van der Waals surface area contributed by atoms with E-state index in [-0.39, 0.29) is 12.5 Å². The summed E-state index contributed by atoms with van der Waals surface area (Å²) >= 11 is 0. The maximum Gasteiger partial charge on any atom is 0.310 e. The zero-order valence-electron chi connectivity index (χ0n) is 11.7. The van der Waals surface area contributed by atoms with Crippen molar-refractivity contribution in [2.45, 2.75) is 46.5 Å². The highest BCUT2D eigenvalue weighted by molar-refractivity contribution is 5.78. The van der Waals surface area contributed by atoms with Gasteiger partial charge < -0.3 is 16.2 Å². The lowest BCUT2D eigenvalue weighted by molar-refractivity contribution is -0.146. The van der Waals surface area contributed by atoms with Crippen LogP contribution in [0.15, 0.2) is 0 Å². The first kappa shape index (κ1) is 16.9. The number of hydrogen-bond acceptors (Lipinski definition) is 3. The van der Waals surface area contributed by atoms with Crippen molar-refractivity contribution in [1.82, 2.24) is 5.32 Å². The number of carboxylic acid groups (broad SMARTS) is 1. The van der Waals surface area contributed by atoms with Gasteiger partial charge in [-0.25, -0.2) is 0 Å². The summed E-state index contributed by atoms with van der Waals surface area (Å²) in [4.78, 5) is 22.5. The third-order valence-corrected chi connectivity index (χ3v) is 3.24. The predicted octanol–water partition coefficient (Wildman–Crippen LogP) is 1.37. The Morgan fingerprint density at radius 2 is 1.94 bits per heavy atom. The summed E-state index contributed by atoms with van der Waals surface area (Å²) in [5, 5.41) is 11.6. The van der Waals surface area contributed by atoms with Crippen LogP contribution < -0.4 is 11.1 Å². The molecule has 4 N–H and O–H groups in total. The van der Waals surface area contributed by atoms with Crippen LogP contribution in [0.2, 0.25) is 0 Å². The quantitative estimate of drug-likeness (QED) is 0.582. The highest BCUT2D eigenvalue weighted by Gasteiger charge is 2.27. The van der Waals surface area contributed by atoms with Gasteiger partial charge >= 0.3 is 5.97 Å². The maximum atomic E-state index is 11.6. The summed E-state index contributed by atoms with van der Waals surface area (Å²) in [5.41, 5.74) is 4.58. The smallest absolute Gasteiger partial charge is 0.310 e. The van der Waals surface area contributed by atoms with Crippen LogP contribution in [-0.4, -0.2) is 30.1 Å². The molecule has 1 atom stereocenters. The molecule has 0 saturated carbocycles. The molecule has 0 rings (SSSR count). The topological polar surface area (TPSA) is 92.4 Å². The zero-order chi connectivity index (χ0) is 14.2. The second-order valence-corrected chi connectivity index (χ2v) is 5.36. The summed E-state index contributed by atoms with van der Waals surface area (Å²) < 4.78 is 0.